The molecule has 0 spiro atoms. The molecule has 0 saturated heterocycles. The zero-order valence-corrected chi connectivity index (χ0v) is 15.5. The molecule has 0 bridgehead atoms. The van der Waals surface area contributed by atoms with Crippen molar-refractivity contribution >= 4 is 22.8 Å². The third-order valence-electron chi connectivity index (χ3n) is 4.39. The number of rotatable bonds is 6. The summed E-state index contributed by atoms with van der Waals surface area (Å²) >= 11 is 0. The average Bonchev–Trinajstić information content (AvgIpc) is 3.02. The van der Waals surface area contributed by atoms with Crippen LogP contribution in [-0.2, 0) is 4.79 Å². The number of aliphatic carboxylic acids is 1. The molecule has 2 aromatic heterocycles. The van der Waals surface area contributed by atoms with Crippen molar-refractivity contribution in [1.29, 1.82) is 0 Å². The minimum Gasteiger partial charge on any atom is -0.481 e. The first-order valence-corrected chi connectivity index (χ1v) is 8.69. The number of fused-ring (bicyclic) bond motifs is 1. The number of carbonyl (C=O) groups excluding carboxylic acids is 1. The summed E-state index contributed by atoms with van der Waals surface area (Å²) in [5, 5.41) is 18.1. The van der Waals surface area contributed by atoms with E-state index in [2.05, 4.69) is 15.3 Å². The van der Waals surface area contributed by atoms with Crippen molar-refractivity contribution in [2.75, 3.05) is 6.54 Å². The Kier molecular flexibility index (Phi) is 5.16. The molecule has 0 fully saturated rings. The lowest BCUT2D eigenvalue weighted by Crippen LogP contribution is -2.39. The maximum Gasteiger partial charge on any atom is 0.305 e. The van der Waals surface area contributed by atoms with Gasteiger partial charge in [-0.2, -0.15) is 0 Å². The summed E-state index contributed by atoms with van der Waals surface area (Å²) < 4.78 is 1.60. The zero-order valence-electron chi connectivity index (χ0n) is 15.5. The van der Waals surface area contributed by atoms with E-state index < -0.39 is 5.97 Å². The van der Waals surface area contributed by atoms with Crippen molar-refractivity contribution in [3.63, 3.8) is 0 Å². The van der Waals surface area contributed by atoms with Crippen molar-refractivity contribution in [3.05, 3.63) is 47.9 Å². The standard InChI is InChI=1S/C19H21N5O3/c1-12(2)23(11-9-16(25)26)19(27)17-13(3)24(22-21-17)15-8-4-6-14-7-5-10-20-18(14)15/h4-8,10,12H,9,11H2,1-3H3,(H,25,26). The highest BCUT2D eigenvalue weighted by molar-refractivity contribution is 5.94. The SMILES string of the molecule is Cc1c(C(=O)N(CCC(=O)O)C(C)C)nnn1-c1cccc2cccnc12. The Balaban J connectivity index is 1.99. The van der Waals surface area contributed by atoms with Crippen LogP contribution in [0.4, 0.5) is 0 Å². The fraction of sp³-hybridized carbons (Fsp3) is 0.316. The zero-order chi connectivity index (χ0) is 19.6. The fourth-order valence-corrected chi connectivity index (χ4v) is 2.96. The molecule has 2 heterocycles. The summed E-state index contributed by atoms with van der Waals surface area (Å²) in [5.41, 5.74) is 2.29. The Hall–Kier alpha value is -3.29. The van der Waals surface area contributed by atoms with E-state index in [1.165, 1.54) is 4.90 Å². The molecule has 0 aliphatic carbocycles. The van der Waals surface area contributed by atoms with Crippen LogP contribution in [0.2, 0.25) is 0 Å². The minimum absolute atomic E-state index is 0.119. The number of hydrogen-bond donors (Lipinski definition) is 1. The molecule has 1 aromatic carbocycles. The first-order valence-electron chi connectivity index (χ1n) is 8.69. The first kappa shape index (κ1) is 18.5. The van der Waals surface area contributed by atoms with Gasteiger partial charge in [-0.05, 0) is 32.9 Å². The van der Waals surface area contributed by atoms with Gasteiger partial charge in [0.2, 0.25) is 0 Å². The number of amides is 1. The van der Waals surface area contributed by atoms with Crippen molar-refractivity contribution in [1.82, 2.24) is 24.9 Å². The van der Waals surface area contributed by atoms with Gasteiger partial charge >= 0.3 is 5.97 Å². The Labute approximate surface area is 156 Å². The molecule has 8 heteroatoms. The molecule has 0 radical (unpaired) electrons. The van der Waals surface area contributed by atoms with E-state index in [1.807, 2.05) is 44.2 Å². The Morgan fingerprint density at radius 1 is 1.22 bits per heavy atom. The van der Waals surface area contributed by atoms with E-state index in [0.29, 0.717) is 5.69 Å². The van der Waals surface area contributed by atoms with Crippen molar-refractivity contribution < 1.29 is 14.7 Å². The van der Waals surface area contributed by atoms with Crippen LogP contribution in [0.5, 0.6) is 0 Å². The number of carboxylic acids is 1. The number of pyridine rings is 1. The van der Waals surface area contributed by atoms with E-state index in [4.69, 9.17) is 5.11 Å². The van der Waals surface area contributed by atoms with Gasteiger partial charge in [0.1, 0.15) is 0 Å². The maximum absolute atomic E-state index is 12.9. The summed E-state index contributed by atoms with van der Waals surface area (Å²) in [6.07, 6.45) is 1.58. The lowest BCUT2D eigenvalue weighted by Gasteiger charge is -2.25. The summed E-state index contributed by atoms with van der Waals surface area (Å²) in [4.78, 5) is 29.7. The van der Waals surface area contributed by atoms with Gasteiger partial charge in [0.25, 0.3) is 5.91 Å². The largest absolute Gasteiger partial charge is 0.481 e. The second-order valence-corrected chi connectivity index (χ2v) is 6.52. The predicted molar refractivity (Wildman–Crippen MR) is 99.8 cm³/mol. The maximum atomic E-state index is 12.9. The van der Waals surface area contributed by atoms with Gasteiger partial charge < -0.3 is 10.0 Å². The Bertz CT molecular complexity index is 991. The molecule has 3 rings (SSSR count). The van der Waals surface area contributed by atoms with Crippen LogP contribution in [0.3, 0.4) is 0 Å². The highest BCUT2D eigenvalue weighted by Gasteiger charge is 2.25. The first-order chi connectivity index (χ1) is 12.9. The molecule has 1 N–H and O–H groups in total. The summed E-state index contributed by atoms with van der Waals surface area (Å²) in [5.74, 6) is -1.28. The Morgan fingerprint density at radius 3 is 2.67 bits per heavy atom. The van der Waals surface area contributed by atoms with Crippen LogP contribution >= 0.6 is 0 Å². The third kappa shape index (κ3) is 3.64. The second kappa shape index (κ2) is 7.53. The van der Waals surface area contributed by atoms with Gasteiger partial charge in [0.15, 0.2) is 5.69 Å². The van der Waals surface area contributed by atoms with E-state index in [9.17, 15) is 9.59 Å². The van der Waals surface area contributed by atoms with Crippen LogP contribution in [0.25, 0.3) is 16.6 Å². The lowest BCUT2D eigenvalue weighted by molar-refractivity contribution is -0.137. The highest BCUT2D eigenvalue weighted by Crippen LogP contribution is 2.22. The monoisotopic (exact) mass is 367 g/mol. The van der Waals surface area contributed by atoms with E-state index >= 15 is 0 Å². The van der Waals surface area contributed by atoms with Crippen LogP contribution in [0.1, 0.15) is 36.5 Å². The number of benzene rings is 1. The fourth-order valence-electron chi connectivity index (χ4n) is 2.96. The summed E-state index contributed by atoms with van der Waals surface area (Å²) in [6, 6.07) is 9.39. The van der Waals surface area contributed by atoms with Gasteiger partial charge in [0.05, 0.1) is 23.3 Å². The smallest absolute Gasteiger partial charge is 0.305 e. The molecule has 0 aliphatic heterocycles. The number of para-hydroxylation sites is 1. The third-order valence-corrected chi connectivity index (χ3v) is 4.39. The highest BCUT2D eigenvalue weighted by atomic mass is 16.4. The molecule has 140 valence electrons. The summed E-state index contributed by atoms with van der Waals surface area (Å²) in [7, 11) is 0. The van der Waals surface area contributed by atoms with E-state index in [1.54, 1.807) is 17.8 Å². The van der Waals surface area contributed by atoms with Crippen LogP contribution in [0.15, 0.2) is 36.5 Å². The lowest BCUT2D eigenvalue weighted by atomic mass is 10.2. The number of nitrogens with zero attached hydrogens (tertiary/aromatic N) is 5. The average molecular weight is 367 g/mol. The normalized spacial score (nSPS) is 11.1. The molecule has 0 aliphatic rings. The molecule has 0 saturated carbocycles. The minimum atomic E-state index is -0.948. The molecular weight excluding hydrogens is 346 g/mol. The van der Waals surface area contributed by atoms with Crippen LogP contribution in [0, 0.1) is 6.92 Å². The molecule has 0 atom stereocenters. The molecule has 27 heavy (non-hydrogen) atoms. The number of aromatic nitrogens is 4. The van der Waals surface area contributed by atoms with Crippen LogP contribution < -0.4 is 0 Å². The molecule has 8 nitrogen and oxygen atoms in total. The van der Waals surface area contributed by atoms with Crippen molar-refractivity contribution in [3.8, 4) is 5.69 Å². The van der Waals surface area contributed by atoms with Gasteiger partial charge in [-0.3, -0.25) is 14.6 Å². The quantitative estimate of drug-likeness (QED) is 0.718. The Morgan fingerprint density at radius 2 is 1.96 bits per heavy atom. The topological polar surface area (TPSA) is 101 Å². The number of hydrogen-bond acceptors (Lipinski definition) is 5. The molecular formula is C19H21N5O3. The molecule has 3 aromatic rings. The number of carboxylic acid groups (broad SMARTS) is 1. The van der Waals surface area contributed by atoms with Gasteiger partial charge in [-0.15, -0.1) is 5.10 Å². The van der Waals surface area contributed by atoms with Crippen LogP contribution in [-0.4, -0.2) is 54.4 Å². The van der Waals surface area contributed by atoms with Crippen molar-refractivity contribution in [2.45, 2.75) is 33.2 Å². The molecule has 1 amide bonds. The van der Waals surface area contributed by atoms with Crippen molar-refractivity contribution in [2.24, 2.45) is 0 Å². The summed E-state index contributed by atoms with van der Waals surface area (Å²) in [6.45, 7) is 5.57. The second-order valence-electron chi connectivity index (χ2n) is 6.52. The van der Waals surface area contributed by atoms with E-state index in [-0.39, 0.29) is 30.6 Å². The van der Waals surface area contributed by atoms with Gasteiger partial charge in [-0.25, -0.2) is 4.68 Å². The predicted octanol–water partition coefficient (Wildman–Crippen LogP) is 2.45. The van der Waals surface area contributed by atoms with E-state index in [0.717, 1.165) is 16.6 Å². The van der Waals surface area contributed by atoms with Gasteiger partial charge in [-0.1, -0.05) is 23.4 Å². The van der Waals surface area contributed by atoms with Gasteiger partial charge in [0, 0.05) is 24.2 Å². The molecule has 0 unspecified atom stereocenters. The number of carbonyl (C=O) groups is 2.